The van der Waals surface area contributed by atoms with Gasteiger partial charge in [-0.15, -0.1) is 11.3 Å². The third-order valence-electron chi connectivity index (χ3n) is 2.45. The van der Waals surface area contributed by atoms with Crippen molar-refractivity contribution < 1.29 is 9.90 Å². The Balaban J connectivity index is 1.96. The van der Waals surface area contributed by atoms with Crippen LogP contribution in [0.4, 0.5) is 0 Å². The maximum absolute atomic E-state index is 11.4. The smallest absolute Gasteiger partial charge is 0.220 e. The highest BCUT2D eigenvalue weighted by molar-refractivity contribution is 7.15. The molecule has 1 amide bonds. The monoisotopic (exact) mass is 253 g/mol. The fourth-order valence-corrected chi connectivity index (χ4v) is 2.60. The molecule has 17 heavy (non-hydrogen) atoms. The summed E-state index contributed by atoms with van der Waals surface area (Å²) in [4.78, 5) is 16.7. The Morgan fingerprint density at radius 3 is 3.24 bits per heavy atom. The summed E-state index contributed by atoms with van der Waals surface area (Å²) in [7, 11) is 0. The fourth-order valence-electron chi connectivity index (χ4n) is 1.65. The van der Waals surface area contributed by atoms with E-state index in [4.69, 9.17) is 5.11 Å². The van der Waals surface area contributed by atoms with Crippen LogP contribution in [0.15, 0.2) is 11.6 Å². The van der Waals surface area contributed by atoms with E-state index >= 15 is 0 Å². The first-order chi connectivity index (χ1) is 8.20. The lowest BCUT2D eigenvalue weighted by molar-refractivity contribution is -0.121. The first kappa shape index (κ1) is 12.1. The van der Waals surface area contributed by atoms with E-state index in [9.17, 15) is 4.79 Å². The van der Waals surface area contributed by atoms with Crippen molar-refractivity contribution in [2.45, 2.75) is 19.8 Å². The van der Waals surface area contributed by atoms with Crippen molar-refractivity contribution >= 4 is 22.2 Å². The van der Waals surface area contributed by atoms with Gasteiger partial charge in [0, 0.05) is 30.2 Å². The predicted octanol–water partition coefficient (Wildman–Crippen LogP) is 0.745. The molecule has 0 spiro atoms. The second kappa shape index (κ2) is 5.29. The van der Waals surface area contributed by atoms with Gasteiger partial charge in [0.1, 0.15) is 0 Å². The molecule has 0 atom stereocenters. The summed E-state index contributed by atoms with van der Waals surface area (Å²) in [5.74, 6) is -0.0322. The van der Waals surface area contributed by atoms with Crippen LogP contribution < -0.4 is 5.32 Å². The van der Waals surface area contributed by atoms with Crippen LogP contribution in [0.1, 0.15) is 17.8 Å². The summed E-state index contributed by atoms with van der Waals surface area (Å²) in [5.41, 5.74) is 2.09. The molecule has 6 heteroatoms. The lowest BCUT2D eigenvalue weighted by Gasteiger charge is -2.02. The number of aromatic nitrogens is 2. The zero-order chi connectivity index (χ0) is 12.3. The van der Waals surface area contributed by atoms with Gasteiger partial charge in [0.05, 0.1) is 12.3 Å². The third-order valence-corrected chi connectivity index (χ3v) is 3.33. The van der Waals surface area contributed by atoms with E-state index in [1.165, 1.54) is 0 Å². The van der Waals surface area contributed by atoms with Crippen LogP contribution >= 0.6 is 11.3 Å². The van der Waals surface area contributed by atoms with Crippen LogP contribution in [0.3, 0.4) is 0 Å². The second-order valence-corrected chi connectivity index (χ2v) is 4.67. The maximum Gasteiger partial charge on any atom is 0.220 e. The molecule has 0 unspecified atom stereocenters. The maximum atomic E-state index is 11.4. The highest BCUT2D eigenvalue weighted by Crippen LogP contribution is 2.17. The number of aliphatic hydroxyl groups is 1. The molecule has 0 aliphatic heterocycles. The minimum Gasteiger partial charge on any atom is -0.395 e. The average Bonchev–Trinajstić information content (AvgIpc) is 2.83. The van der Waals surface area contributed by atoms with E-state index < -0.39 is 0 Å². The molecule has 2 aromatic rings. The fraction of sp³-hybridized carbons (Fsp3) is 0.455. The number of aliphatic hydroxyl groups excluding tert-OH is 1. The van der Waals surface area contributed by atoms with Crippen LogP contribution in [0, 0.1) is 6.92 Å². The van der Waals surface area contributed by atoms with Gasteiger partial charge in [0.25, 0.3) is 0 Å². The summed E-state index contributed by atoms with van der Waals surface area (Å²) in [5, 5.41) is 13.3. The molecule has 0 fully saturated rings. The van der Waals surface area contributed by atoms with Crippen LogP contribution in [0.25, 0.3) is 4.96 Å². The Bertz CT molecular complexity index is 518. The average molecular weight is 253 g/mol. The SMILES string of the molecule is Cc1cn2c(CCC(=O)NCCO)csc2n1. The summed E-state index contributed by atoms with van der Waals surface area (Å²) in [6, 6.07) is 0. The minimum absolute atomic E-state index is 0.0187. The predicted molar refractivity (Wildman–Crippen MR) is 66.2 cm³/mol. The van der Waals surface area contributed by atoms with Crippen LogP contribution in [-0.2, 0) is 11.2 Å². The van der Waals surface area contributed by atoms with Crippen molar-refractivity contribution in [3.8, 4) is 0 Å². The van der Waals surface area contributed by atoms with E-state index in [2.05, 4.69) is 10.3 Å². The molecule has 0 saturated carbocycles. The normalized spacial score (nSPS) is 10.9. The van der Waals surface area contributed by atoms with Gasteiger partial charge in [0.15, 0.2) is 4.96 Å². The number of hydrogen-bond donors (Lipinski definition) is 2. The Kier molecular flexibility index (Phi) is 3.75. The first-order valence-electron chi connectivity index (χ1n) is 5.50. The number of thiazole rings is 1. The molecule has 0 aliphatic carbocycles. The molecular weight excluding hydrogens is 238 g/mol. The summed E-state index contributed by atoms with van der Waals surface area (Å²) in [6.07, 6.45) is 3.10. The lowest BCUT2D eigenvalue weighted by Crippen LogP contribution is -2.26. The van der Waals surface area contributed by atoms with Gasteiger partial charge in [-0.3, -0.25) is 9.20 Å². The molecule has 2 rings (SSSR count). The van der Waals surface area contributed by atoms with Crippen LogP contribution in [0.2, 0.25) is 0 Å². The van der Waals surface area contributed by atoms with Gasteiger partial charge in [-0.25, -0.2) is 4.98 Å². The number of rotatable bonds is 5. The minimum atomic E-state index is -0.0322. The largest absolute Gasteiger partial charge is 0.395 e. The molecule has 0 aliphatic rings. The Hall–Kier alpha value is -1.40. The molecule has 92 valence electrons. The van der Waals surface area contributed by atoms with Gasteiger partial charge in [-0.2, -0.15) is 0 Å². The zero-order valence-electron chi connectivity index (χ0n) is 9.64. The molecule has 2 aromatic heterocycles. The van der Waals surface area contributed by atoms with Crippen molar-refractivity contribution in [1.82, 2.24) is 14.7 Å². The number of hydrogen-bond acceptors (Lipinski definition) is 4. The summed E-state index contributed by atoms with van der Waals surface area (Å²) in [6.45, 7) is 2.26. The molecule has 0 radical (unpaired) electrons. The number of nitrogens with one attached hydrogen (secondary N) is 1. The first-order valence-corrected chi connectivity index (χ1v) is 6.38. The highest BCUT2D eigenvalue weighted by Gasteiger charge is 2.08. The van der Waals surface area contributed by atoms with Crippen LogP contribution in [0.5, 0.6) is 0 Å². The van der Waals surface area contributed by atoms with E-state index in [0.29, 0.717) is 19.4 Å². The number of aryl methyl sites for hydroxylation is 2. The van der Waals surface area contributed by atoms with Crippen molar-refractivity contribution in [1.29, 1.82) is 0 Å². The standard InChI is InChI=1S/C11H15N3O2S/c1-8-6-14-9(7-17-11(14)13-8)2-3-10(16)12-4-5-15/h6-7,15H,2-5H2,1H3,(H,12,16). The molecule has 0 aromatic carbocycles. The number of nitrogens with zero attached hydrogens (tertiary/aromatic N) is 2. The van der Waals surface area contributed by atoms with Crippen LogP contribution in [-0.4, -0.2) is 33.6 Å². The molecule has 0 bridgehead atoms. The molecule has 2 N–H and O–H groups in total. The van der Waals surface area contributed by atoms with E-state index in [-0.39, 0.29) is 12.5 Å². The topological polar surface area (TPSA) is 66.6 Å². The molecule has 0 saturated heterocycles. The van der Waals surface area contributed by atoms with Gasteiger partial charge in [0.2, 0.25) is 5.91 Å². The lowest BCUT2D eigenvalue weighted by atomic mass is 10.2. The number of fused-ring (bicyclic) bond motifs is 1. The highest BCUT2D eigenvalue weighted by atomic mass is 32.1. The second-order valence-electron chi connectivity index (χ2n) is 3.84. The molecule has 2 heterocycles. The quantitative estimate of drug-likeness (QED) is 0.826. The number of imidazole rings is 1. The Labute approximate surface area is 103 Å². The van der Waals surface area contributed by atoms with Crippen molar-refractivity contribution in [3.05, 3.63) is 23.0 Å². The van der Waals surface area contributed by atoms with Gasteiger partial charge < -0.3 is 10.4 Å². The summed E-state index contributed by atoms with van der Waals surface area (Å²) >= 11 is 1.58. The van der Waals surface area contributed by atoms with Crippen molar-refractivity contribution in [3.63, 3.8) is 0 Å². The van der Waals surface area contributed by atoms with Crippen molar-refractivity contribution in [2.75, 3.05) is 13.2 Å². The van der Waals surface area contributed by atoms with E-state index in [0.717, 1.165) is 16.3 Å². The molecule has 5 nitrogen and oxygen atoms in total. The number of amides is 1. The Morgan fingerprint density at radius 1 is 1.65 bits per heavy atom. The van der Waals surface area contributed by atoms with Crippen molar-refractivity contribution in [2.24, 2.45) is 0 Å². The van der Waals surface area contributed by atoms with E-state index in [1.807, 2.05) is 22.9 Å². The summed E-state index contributed by atoms with van der Waals surface area (Å²) < 4.78 is 2.03. The van der Waals surface area contributed by atoms with Gasteiger partial charge in [-0.1, -0.05) is 0 Å². The number of carbonyl (C=O) groups is 1. The number of carbonyl (C=O) groups excluding carboxylic acids is 1. The zero-order valence-corrected chi connectivity index (χ0v) is 10.5. The van der Waals surface area contributed by atoms with E-state index in [1.54, 1.807) is 11.3 Å². The van der Waals surface area contributed by atoms with Gasteiger partial charge >= 0.3 is 0 Å². The Morgan fingerprint density at radius 2 is 2.47 bits per heavy atom. The third kappa shape index (κ3) is 2.83. The van der Waals surface area contributed by atoms with Gasteiger partial charge in [-0.05, 0) is 13.3 Å². The molecular formula is C11H15N3O2S.